The molecule has 0 spiro atoms. The van der Waals surface area contributed by atoms with E-state index < -0.39 is 5.54 Å². The Bertz CT molecular complexity index is 256. The van der Waals surface area contributed by atoms with Gasteiger partial charge in [0, 0.05) is 16.0 Å². The van der Waals surface area contributed by atoms with Crippen molar-refractivity contribution in [1.82, 2.24) is 9.97 Å². The first-order chi connectivity index (χ1) is 5.56. The van der Waals surface area contributed by atoms with Crippen molar-refractivity contribution < 1.29 is 0 Å². The van der Waals surface area contributed by atoms with E-state index in [1.54, 1.807) is 12.4 Å². The minimum Gasteiger partial charge on any atom is -0.319 e. The van der Waals surface area contributed by atoms with Crippen LogP contribution in [0.2, 0.25) is 0 Å². The molecule has 1 aromatic rings. The van der Waals surface area contributed by atoms with Crippen LogP contribution in [0.1, 0.15) is 26.1 Å². The number of aromatic nitrogens is 2. The van der Waals surface area contributed by atoms with Crippen LogP contribution in [0.15, 0.2) is 12.4 Å². The normalized spacial score (nSPS) is 15.7. The molecule has 1 atom stereocenters. The molecule has 1 aromatic heterocycles. The highest BCUT2D eigenvalue weighted by atomic mass is 127. The molecule has 2 N–H and O–H groups in total. The zero-order valence-corrected chi connectivity index (χ0v) is 9.37. The van der Waals surface area contributed by atoms with Gasteiger partial charge < -0.3 is 5.73 Å². The molecule has 0 radical (unpaired) electrons. The predicted molar refractivity (Wildman–Crippen MR) is 56.6 cm³/mol. The average Bonchev–Trinajstić information content (AvgIpc) is 2.05. The van der Waals surface area contributed by atoms with Gasteiger partial charge in [-0.15, -0.1) is 0 Å². The number of halogens is 1. The van der Waals surface area contributed by atoms with Crippen molar-refractivity contribution in [2.75, 3.05) is 0 Å². The van der Waals surface area contributed by atoms with Crippen LogP contribution < -0.4 is 5.73 Å². The second-order valence-electron chi connectivity index (χ2n) is 3.00. The van der Waals surface area contributed by atoms with Gasteiger partial charge in [0.2, 0.25) is 0 Å². The Morgan fingerprint density at radius 1 is 1.50 bits per heavy atom. The summed E-state index contributed by atoms with van der Waals surface area (Å²) >= 11 is 2.17. The molecule has 0 amide bonds. The van der Waals surface area contributed by atoms with Gasteiger partial charge in [-0.3, -0.25) is 0 Å². The van der Waals surface area contributed by atoms with Crippen molar-refractivity contribution in [3.05, 3.63) is 21.8 Å². The summed E-state index contributed by atoms with van der Waals surface area (Å²) in [5, 5.41) is 0. The third-order valence-electron chi connectivity index (χ3n) is 1.87. The van der Waals surface area contributed by atoms with E-state index in [1.165, 1.54) is 0 Å². The summed E-state index contributed by atoms with van der Waals surface area (Å²) in [5.74, 6) is 0.713. The van der Waals surface area contributed by atoms with Crippen molar-refractivity contribution in [2.45, 2.75) is 25.8 Å². The minimum atomic E-state index is -0.398. The van der Waals surface area contributed by atoms with E-state index in [2.05, 4.69) is 32.6 Å². The zero-order valence-electron chi connectivity index (χ0n) is 7.21. The Morgan fingerprint density at radius 2 is 2.00 bits per heavy atom. The van der Waals surface area contributed by atoms with Gasteiger partial charge in [0.05, 0.1) is 5.54 Å². The van der Waals surface area contributed by atoms with Gasteiger partial charge in [0.15, 0.2) is 0 Å². The molecule has 0 saturated carbocycles. The fourth-order valence-electron chi connectivity index (χ4n) is 0.765. The number of rotatable bonds is 2. The number of hydrogen-bond acceptors (Lipinski definition) is 3. The van der Waals surface area contributed by atoms with E-state index in [1.807, 2.05) is 13.8 Å². The Kier molecular flexibility index (Phi) is 3.00. The highest BCUT2D eigenvalue weighted by molar-refractivity contribution is 14.1. The van der Waals surface area contributed by atoms with Gasteiger partial charge in [-0.2, -0.15) is 0 Å². The van der Waals surface area contributed by atoms with E-state index in [0.717, 1.165) is 9.99 Å². The van der Waals surface area contributed by atoms with Gasteiger partial charge in [-0.25, -0.2) is 9.97 Å². The Labute approximate surface area is 85.9 Å². The molecule has 0 saturated heterocycles. The van der Waals surface area contributed by atoms with E-state index in [4.69, 9.17) is 5.73 Å². The smallest absolute Gasteiger partial charge is 0.147 e. The summed E-state index contributed by atoms with van der Waals surface area (Å²) in [4.78, 5) is 8.35. The van der Waals surface area contributed by atoms with Crippen molar-refractivity contribution in [2.24, 2.45) is 5.73 Å². The van der Waals surface area contributed by atoms with Crippen molar-refractivity contribution >= 4 is 22.6 Å². The largest absolute Gasteiger partial charge is 0.319 e. The van der Waals surface area contributed by atoms with Gasteiger partial charge in [0.1, 0.15) is 5.82 Å². The molecule has 0 bridgehead atoms. The molecular formula is C8H12IN3. The summed E-state index contributed by atoms with van der Waals surface area (Å²) in [6.45, 7) is 3.97. The molecule has 0 aromatic carbocycles. The lowest BCUT2D eigenvalue weighted by Crippen LogP contribution is -2.34. The summed E-state index contributed by atoms with van der Waals surface area (Å²) < 4.78 is 1.03. The van der Waals surface area contributed by atoms with Crippen molar-refractivity contribution in [3.63, 3.8) is 0 Å². The Balaban J connectivity index is 2.96. The van der Waals surface area contributed by atoms with Crippen LogP contribution in [0.4, 0.5) is 0 Å². The van der Waals surface area contributed by atoms with Crippen LogP contribution in [0.5, 0.6) is 0 Å². The SMILES string of the molecule is CCC(C)(N)c1ncc(I)cn1. The molecule has 0 fully saturated rings. The Hall–Kier alpha value is -0.230. The molecule has 0 aliphatic carbocycles. The second-order valence-corrected chi connectivity index (χ2v) is 4.24. The van der Waals surface area contributed by atoms with Crippen LogP contribution in [0.25, 0.3) is 0 Å². The Morgan fingerprint density at radius 3 is 2.42 bits per heavy atom. The van der Waals surface area contributed by atoms with Crippen molar-refractivity contribution in [3.8, 4) is 0 Å². The fraction of sp³-hybridized carbons (Fsp3) is 0.500. The fourth-order valence-corrected chi connectivity index (χ4v) is 1.04. The predicted octanol–water partition coefficient (Wildman–Crippen LogP) is 1.67. The first-order valence-corrected chi connectivity index (χ1v) is 4.91. The maximum Gasteiger partial charge on any atom is 0.147 e. The standard InChI is InChI=1S/C8H12IN3/c1-3-8(2,10)7-11-4-6(9)5-12-7/h4-5H,3,10H2,1-2H3. The molecule has 1 unspecified atom stereocenters. The van der Waals surface area contributed by atoms with E-state index in [-0.39, 0.29) is 0 Å². The maximum atomic E-state index is 5.96. The molecule has 3 nitrogen and oxygen atoms in total. The van der Waals surface area contributed by atoms with E-state index in [0.29, 0.717) is 5.82 Å². The molecule has 0 aliphatic rings. The summed E-state index contributed by atoms with van der Waals surface area (Å²) in [6, 6.07) is 0. The quantitative estimate of drug-likeness (QED) is 0.836. The monoisotopic (exact) mass is 277 g/mol. The summed E-state index contributed by atoms with van der Waals surface area (Å²) in [5.41, 5.74) is 5.56. The molecule has 66 valence electrons. The van der Waals surface area contributed by atoms with Crippen LogP contribution in [0, 0.1) is 3.57 Å². The van der Waals surface area contributed by atoms with Crippen LogP contribution in [0.3, 0.4) is 0 Å². The maximum absolute atomic E-state index is 5.96. The lowest BCUT2D eigenvalue weighted by molar-refractivity contribution is 0.445. The van der Waals surface area contributed by atoms with Crippen LogP contribution >= 0.6 is 22.6 Å². The third-order valence-corrected chi connectivity index (χ3v) is 2.42. The zero-order chi connectivity index (χ0) is 9.19. The average molecular weight is 277 g/mol. The van der Waals surface area contributed by atoms with Crippen molar-refractivity contribution in [1.29, 1.82) is 0 Å². The number of hydrogen-bond donors (Lipinski definition) is 1. The lowest BCUT2D eigenvalue weighted by Gasteiger charge is -2.20. The lowest BCUT2D eigenvalue weighted by atomic mass is 10.00. The van der Waals surface area contributed by atoms with Gasteiger partial charge >= 0.3 is 0 Å². The van der Waals surface area contributed by atoms with E-state index in [9.17, 15) is 0 Å². The first kappa shape index (κ1) is 9.85. The number of nitrogens with two attached hydrogens (primary N) is 1. The van der Waals surface area contributed by atoms with Gasteiger partial charge in [0.25, 0.3) is 0 Å². The van der Waals surface area contributed by atoms with Gasteiger partial charge in [-0.05, 0) is 35.9 Å². The van der Waals surface area contributed by atoms with Crippen LogP contribution in [-0.2, 0) is 5.54 Å². The van der Waals surface area contributed by atoms with Crippen LogP contribution in [-0.4, -0.2) is 9.97 Å². The first-order valence-electron chi connectivity index (χ1n) is 3.83. The highest BCUT2D eigenvalue weighted by Crippen LogP contribution is 2.16. The molecule has 12 heavy (non-hydrogen) atoms. The molecule has 1 rings (SSSR count). The minimum absolute atomic E-state index is 0.398. The summed E-state index contributed by atoms with van der Waals surface area (Å²) in [7, 11) is 0. The third kappa shape index (κ3) is 2.13. The molecule has 1 heterocycles. The highest BCUT2D eigenvalue weighted by Gasteiger charge is 2.21. The number of nitrogens with zero attached hydrogens (tertiary/aromatic N) is 2. The molecular weight excluding hydrogens is 265 g/mol. The van der Waals surface area contributed by atoms with Gasteiger partial charge in [-0.1, -0.05) is 6.92 Å². The molecule has 4 heteroatoms. The molecule has 0 aliphatic heterocycles. The second kappa shape index (κ2) is 3.66. The topological polar surface area (TPSA) is 51.8 Å². The summed E-state index contributed by atoms with van der Waals surface area (Å²) in [6.07, 6.45) is 4.40. The van der Waals surface area contributed by atoms with E-state index >= 15 is 0 Å².